The van der Waals surface area contributed by atoms with E-state index in [2.05, 4.69) is 20.9 Å². The zero-order chi connectivity index (χ0) is 21.7. The van der Waals surface area contributed by atoms with Gasteiger partial charge >= 0.3 is 5.69 Å². The number of para-hydroxylation sites is 1. The summed E-state index contributed by atoms with van der Waals surface area (Å²) in [4.78, 5) is 30.0. The second kappa shape index (κ2) is 9.88. The number of carbonyl (C=O) groups is 1. The SMILES string of the molecule is COCCCN1C(=O)/C(=C/c2cc(Br)c(O)c([N+](=O)[O-])c2)SC1=Nc1ccccc1. The van der Waals surface area contributed by atoms with Gasteiger partial charge in [0.2, 0.25) is 5.75 Å². The first kappa shape index (κ1) is 22.0. The molecule has 1 fully saturated rings. The van der Waals surface area contributed by atoms with Crippen molar-refractivity contribution in [3.8, 4) is 5.75 Å². The van der Waals surface area contributed by atoms with E-state index in [1.54, 1.807) is 18.1 Å². The number of hydrogen-bond acceptors (Lipinski definition) is 7. The average molecular weight is 492 g/mol. The van der Waals surface area contributed by atoms with Crippen molar-refractivity contribution in [1.82, 2.24) is 4.90 Å². The molecule has 1 aliphatic rings. The molecule has 1 saturated heterocycles. The third kappa shape index (κ3) is 5.07. The molecule has 0 aromatic heterocycles. The number of aliphatic imine (C=N–C) groups is 1. The lowest BCUT2D eigenvalue weighted by atomic mass is 10.1. The molecule has 10 heteroatoms. The van der Waals surface area contributed by atoms with Gasteiger partial charge in [-0.2, -0.15) is 0 Å². The number of nitrogens with zero attached hydrogens (tertiary/aromatic N) is 3. The number of nitro groups is 1. The molecule has 0 spiro atoms. The maximum Gasteiger partial charge on any atom is 0.312 e. The molecule has 0 radical (unpaired) electrons. The van der Waals surface area contributed by atoms with Gasteiger partial charge in [-0.15, -0.1) is 0 Å². The van der Waals surface area contributed by atoms with Gasteiger partial charge in [0.05, 0.1) is 20.0 Å². The van der Waals surface area contributed by atoms with Gasteiger partial charge in [-0.25, -0.2) is 4.99 Å². The molecule has 8 nitrogen and oxygen atoms in total. The molecule has 0 bridgehead atoms. The van der Waals surface area contributed by atoms with Crippen molar-refractivity contribution in [3.05, 3.63) is 67.5 Å². The Labute approximate surface area is 185 Å². The first-order chi connectivity index (χ1) is 14.4. The van der Waals surface area contributed by atoms with Crippen molar-refractivity contribution >= 4 is 56.2 Å². The Morgan fingerprint density at radius 1 is 1.33 bits per heavy atom. The van der Waals surface area contributed by atoms with E-state index in [1.807, 2.05) is 30.3 Å². The van der Waals surface area contributed by atoms with Crippen LogP contribution in [-0.2, 0) is 9.53 Å². The first-order valence-electron chi connectivity index (χ1n) is 8.91. The Hall–Kier alpha value is -2.69. The van der Waals surface area contributed by atoms with Crippen LogP contribution in [-0.4, -0.2) is 46.3 Å². The van der Waals surface area contributed by atoms with Crippen molar-refractivity contribution in [3.63, 3.8) is 0 Å². The molecule has 0 saturated carbocycles. The summed E-state index contributed by atoms with van der Waals surface area (Å²) in [6, 6.07) is 12.0. The Balaban J connectivity index is 1.97. The zero-order valence-corrected chi connectivity index (χ0v) is 18.4. The summed E-state index contributed by atoms with van der Waals surface area (Å²) in [5.41, 5.74) is 0.690. The number of aromatic hydroxyl groups is 1. The molecule has 156 valence electrons. The molecule has 0 atom stereocenters. The number of carbonyl (C=O) groups excluding carboxylic acids is 1. The molecule has 30 heavy (non-hydrogen) atoms. The van der Waals surface area contributed by atoms with Crippen LogP contribution in [0.5, 0.6) is 5.75 Å². The largest absolute Gasteiger partial charge is 0.501 e. The quantitative estimate of drug-likeness (QED) is 0.260. The number of phenolic OH excluding ortho intramolecular Hbond substituents is 1. The minimum Gasteiger partial charge on any atom is -0.501 e. The normalized spacial score (nSPS) is 16.6. The van der Waals surface area contributed by atoms with Crippen LogP contribution in [0.2, 0.25) is 0 Å². The second-order valence-electron chi connectivity index (χ2n) is 6.27. The van der Waals surface area contributed by atoms with Gasteiger partial charge < -0.3 is 9.84 Å². The van der Waals surface area contributed by atoms with Gasteiger partial charge in [0.15, 0.2) is 5.17 Å². The highest BCUT2D eigenvalue weighted by atomic mass is 79.9. The number of amidine groups is 1. The number of benzene rings is 2. The fourth-order valence-corrected chi connectivity index (χ4v) is 4.24. The topological polar surface area (TPSA) is 105 Å². The number of thioether (sulfide) groups is 1. The van der Waals surface area contributed by atoms with Crippen LogP contribution in [0.1, 0.15) is 12.0 Å². The Morgan fingerprint density at radius 3 is 2.73 bits per heavy atom. The summed E-state index contributed by atoms with van der Waals surface area (Å²) >= 11 is 4.31. The number of rotatable bonds is 7. The maximum atomic E-state index is 13.0. The van der Waals surface area contributed by atoms with Crippen LogP contribution in [0, 0.1) is 10.1 Å². The highest BCUT2D eigenvalue weighted by molar-refractivity contribution is 9.10. The van der Waals surface area contributed by atoms with Crippen molar-refractivity contribution in [2.75, 3.05) is 20.3 Å². The van der Waals surface area contributed by atoms with Gasteiger partial charge in [0, 0.05) is 26.3 Å². The van der Waals surface area contributed by atoms with E-state index in [9.17, 15) is 20.0 Å². The van der Waals surface area contributed by atoms with E-state index in [0.29, 0.717) is 40.9 Å². The van der Waals surface area contributed by atoms with Crippen LogP contribution in [0.25, 0.3) is 6.08 Å². The second-order valence-corrected chi connectivity index (χ2v) is 8.13. The molecule has 1 amide bonds. The fraction of sp³-hybridized carbons (Fsp3) is 0.200. The average Bonchev–Trinajstić information content (AvgIpc) is 3.00. The van der Waals surface area contributed by atoms with Gasteiger partial charge in [0.1, 0.15) is 0 Å². The van der Waals surface area contributed by atoms with Crippen LogP contribution in [0.4, 0.5) is 11.4 Å². The van der Waals surface area contributed by atoms with Crippen molar-refractivity contribution in [1.29, 1.82) is 0 Å². The molecule has 2 aromatic carbocycles. The lowest BCUT2D eigenvalue weighted by Gasteiger charge is -2.15. The highest BCUT2D eigenvalue weighted by Crippen LogP contribution is 2.38. The number of phenols is 1. The van der Waals surface area contributed by atoms with E-state index in [1.165, 1.54) is 23.9 Å². The summed E-state index contributed by atoms with van der Waals surface area (Å²) < 4.78 is 5.26. The molecule has 1 heterocycles. The molecule has 1 aliphatic heterocycles. The molecule has 0 aliphatic carbocycles. The number of hydrogen-bond donors (Lipinski definition) is 1. The van der Waals surface area contributed by atoms with Gasteiger partial charge in [-0.1, -0.05) is 18.2 Å². The molecule has 1 N–H and O–H groups in total. The van der Waals surface area contributed by atoms with E-state index in [0.717, 1.165) is 0 Å². The molecular formula is C20H18BrN3O5S. The Morgan fingerprint density at radius 2 is 2.07 bits per heavy atom. The summed E-state index contributed by atoms with van der Waals surface area (Å²) in [5, 5.41) is 21.6. The smallest absolute Gasteiger partial charge is 0.312 e. The summed E-state index contributed by atoms with van der Waals surface area (Å²) in [5.74, 6) is -0.697. The standard InChI is InChI=1S/C20H18BrN3O5S/c1-29-9-5-8-23-19(26)17(30-20(23)22-14-6-3-2-4-7-14)12-13-10-15(21)18(25)16(11-13)24(27)28/h2-4,6-7,10-12,25H,5,8-9H2,1H3/b17-12-,22-20?. The predicted octanol–water partition coefficient (Wildman–Crippen LogP) is 4.70. The van der Waals surface area contributed by atoms with Gasteiger partial charge in [-0.05, 0) is 64.0 Å². The van der Waals surface area contributed by atoms with E-state index < -0.39 is 16.4 Å². The number of amides is 1. The molecule has 3 rings (SSSR count). The van der Waals surface area contributed by atoms with Crippen molar-refractivity contribution in [2.45, 2.75) is 6.42 Å². The van der Waals surface area contributed by atoms with Crippen molar-refractivity contribution < 1.29 is 19.6 Å². The van der Waals surface area contributed by atoms with Gasteiger partial charge in [0.25, 0.3) is 5.91 Å². The Kier molecular flexibility index (Phi) is 7.24. The van der Waals surface area contributed by atoms with Crippen LogP contribution in [0.3, 0.4) is 0 Å². The lowest BCUT2D eigenvalue weighted by molar-refractivity contribution is -0.386. The third-order valence-corrected chi connectivity index (χ3v) is 5.77. The number of ether oxygens (including phenoxy) is 1. The lowest BCUT2D eigenvalue weighted by Crippen LogP contribution is -2.30. The molecule has 2 aromatic rings. The van der Waals surface area contributed by atoms with Crippen LogP contribution >= 0.6 is 27.7 Å². The van der Waals surface area contributed by atoms with Crippen LogP contribution < -0.4 is 0 Å². The van der Waals surface area contributed by atoms with E-state index in [4.69, 9.17) is 4.74 Å². The first-order valence-corrected chi connectivity index (χ1v) is 10.5. The van der Waals surface area contributed by atoms with E-state index in [-0.39, 0.29) is 10.4 Å². The van der Waals surface area contributed by atoms with Gasteiger partial charge in [-0.3, -0.25) is 19.8 Å². The summed E-state index contributed by atoms with van der Waals surface area (Å²) in [7, 11) is 1.60. The summed E-state index contributed by atoms with van der Waals surface area (Å²) in [6.07, 6.45) is 2.20. The predicted molar refractivity (Wildman–Crippen MR) is 120 cm³/mol. The fourth-order valence-electron chi connectivity index (χ4n) is 2.75. The van der Waals surface area contributed by atoms with E-state index >= 15 is 0 Å². The molecular weight excluding hydrogens is 474 g/mol. The third-order valence-electron chi connectivity index (χ3n) is 4.16. The minimum atomic E-state index is -0.676. The summed E-state index contributed by atoms with van der Waals surface area (Å²) in [6.45, 7) is 0.936. The number of halogens is 1. The van der Waals surface area contributed by atoms with Crippen molar-refractivity contribution in [2.24, 2.45) is 4.99 Å². The number of nitro benzene ring substituents is 1. The maximum absolute atomic E-state index is 13.0. The Bertz CT molecular complexity index is 1030. The highest BCUT2D eigenvalue weighted by Gasteiger charge is 2.33. The minimum absolute atomic E-state index is 0.175. The monoisotopic (exact) mass is 491 g/mol. The van der Waals surface area contributed by atoms with Crippen LogP contribution in [0.15, 0.2) is 56.8 Å². The number of methoxy groups -OCH3 is 1. The zero-order valence-electron chi connectivity index (χ0n) is 15.9. The molecule has 0 unspecified atom stereocenters.